The monoisotopic (exact) mass is 518 g/mol. The fraction of sp³-hybridized carbons (Fsp3) is 0.625. The smallest absolute Gasteiger partial charge is 0.475 e. The minimum atomic E-state index is -5.08. The van der Waals surface area contributed by atoms with E-state index in [-0.39, 0.29) is 35.6 Å². The fourth-order valence-corrected chi connectivity index (χ4v) is 4.79. The Morgan fingerprint density at radius 1 is 1.14 bits per heavy atom. The lowest BCUT2D eigenvalue weighted by atomic mass is 9.66. The van der Waals surface area contributed by atoms with Crippen molar-refractivity contribution in [2.75, 3.05) is 47.3 Å². The van der Waals surface area contributed by atoms with Crippen molar-refractivity contribution in [3.05, 3.63) is 35.6 Å². The van der Waals surface area contributed by atoms with E-state index in [1.165, 1.54) is 17.0 Å². The number of benzene rings is 1. The van der Waals surface area contributed by atoms with E-state index < -0.39 is 12.1 Å². The number of piperidine rings is 2. The number of hydrogen-bond acceptors (Lipinski definition) is 4. The van der Waals surface area contributed by atoms with Crippen molar-refractivity contribution in [3.63, 3.8) is 0 Å². The number of urea groups is 1. The van der Waals surface area contributed by atoms with Crippen molar-refractivity contribution in [3.8, 4) is 0 Å². The third-order valence-corrected chi connectivity index (χ3v) is 6.80. The average Bonchev–Trinajstić information content (AvgIpc) is 2.79. The highest BCUT2D eigenvalue weighted by Gasteiger charge is 2.47. The van der Waals surface area contributed by atoms with Crippen molar-refractivity contribution in [1.82, 2.24) is 20.0 Å². The van der Waals surface area contributed by atoms with E-state index in [9.17, 15) is 27.2 Å². The molecule has 1 aromatic carbocycles. The lowest BCUT2D eigenvalue weighted by Gasteiger charge is -2.53. The molecule has 1 atom stereocenters. The highest BCUT2D eigenvalue weighted by molar-refractivity contribution is 5.79. The van der Waals surface area contributed by atoms with Crippen molar-refractivity contribution < 1.29 is 37.1 Å². The van der Waals surface area contributed by atoms with Gasteiger partial charge in [-0.15, -0.1) is 0 Å². The van der Waals surface area contributed by atoms with Crippen LogP contribution in [0.25, 0.3) is 0 Å². The van der Waals surface area contributed by atoms with Crippen molar-refractivity contribution in [2.45, 2.75) is 44.3 Å². The molecule has 3 amide bonds. The summed E-state index contributed by atoms with van der Waals surface area (Å²) in [5, 5.41) is 10.1. The number of halogens is 4. The first-order chi connectivity index (χ1) is 16.7. The van der Waals surface area contributed by atoms with E-state index in [2.05, 4.69) is 17.3 Å². The zero-order chi connectivity index (χ0) is 27.1. The summed E-state index contributed by atoms with van der Waals surface area (Å²) in [7, 11) is 5.56. The number of rotatable bonds is 4. The number of amides is 3. The number of aliphatic carboxylic acids is 1. The van der Waals surface area contributed by atoms with Gasteiger partial charge >= 0.3 is 18.2 Å². The Hall–Kier alpha value is -2.89. The minimum absolute atomic E-state index is 0.0118. The molecule has 1 unspecified atom stereocenters. The predicted molar refractivity (Wildman–Crippen MR) is 125 cm³/mol. The predicted octanol–water partition coefficient (Wildman–Crippen LogP) is 2.98. The second kappa shape index (κ2) is 12.4. The highest BCUT2D eigenvalue weighted by atomic mass is 19.4. The third-order valence-electron chi connectivity index (χ3n) is 6.80. The van der Waals surface area contributed by atoms with E-state index in [4.69, 9.17) is 9.90 Å². The second-order valence-electron chi connectivity index (χ2n) is 9.56. The molecule has 8 nitrogen and oxygen atoms in total. The van der Waals surface area contributed by atoms with E-state index >= 15 is 0 Å². The van der Waals surface area contributed by atoms with Crippen LogP contribution in [0.5, 0.6) is 0 Å². The van der Waals surface area contributed by atoms with Crippen LogP contribution in [0.15, 0.2) is 24.3 Å². The molecule has 0 saturated carbocycles. The van der Waals surface area contributed by atoms with Gasteiger partial charge in [-0.3, -0.25) is 4.79 Å². The summed E-state index contributed by atoms with van der Waals surface area (Å²) >= 11 is 0. The highest BCUT2D eigenvalue weighted by Crippen LogP contribution is 2.44. The Labute approximate surface area is 208 Å². The van der Waals surface area contributed by atoms with E-state index in [1.807, 2.05) is 4.90 Å². The maximum Gasteiger partial charge on any atom is 0.490 e. The van der Waals surface area contributed by atoms with Crippen LogP contribution in [0.2, 0.25) is 0 Å². The van der Waals surface area contributed by atoms with Gasteiger partial charge in [0, 0.05) is 27.2 Å². The number of carboxylic acids is 1. The lowest BCUT2D eigenvalue weighted by molar-refractivity contribution is -0.192. The lowest BCUT2D eigenvalue weighted by Crippen LogP contribution is -2.61. The topological polar surface area (TPSA) is 93.2 Å². The van der Waals surface area contributed by atoms with Crippen LogP contribution in [0.1, 0.15) is 31.2 Å². The van der Waals surface area contributed by atoms with Crippen LogP contribution in [0.4, 0.5) is 22.4 Å². The van der Waals surface area contributed by atoms with Crippen molar-refractivity contribution in [1.29, 1.82) is 0 Å². The van der Waals surface area contributed by atoms with Gasteiger partial charge in [-0.25, -0.2) is 14.0 Å². The summed E-state index contributed by atoms with van der Waals surface area (Å²) in [6.45, 7) is 3.15. The molecule has 0 radical (unpaired) electrons. The average molecular weight is 519 g/mol. The van der Waals surface area contributed by atoms with Crippen LogP contribution in [0, 0.1) is 11.2 Å². The van der Waals surface area contributed by atoms with Crippen LogP contribution in [-0.4, -0.2) is 97.3 Å². The number of carbonyl (C=O) groups excluding carboxylic acids is 2. The zero-order valence-corrected chi connectivity index (χ0v) is 20.8. The molecule has 1 aromatic rings. The van der Waals surface area contributed by atoms with E-state index in [1.54, 1.807) is 26.2 Å². The molecule has 2 fully saturated rings. The van der Waals surface area contributed by atoms with Crippen LogP contribution in [-0.2, 0) is 16.0 Å². The summed E-state index contributed by atoms with van der Waals surface area (Å²) in [5.74, 6) is -3.07. The normalized spacial score (nSPS) is 19.8. The van der Waals surface area contributed by atoms with Gasteiger partial charge in [0.15, 0.2) is 0 Å². The Balaban J connectivity index is 0.000000572. The molecule has 2 aliphatic heterocycles. The number of carboxylic acid groups (broad SMARTS) is 1. The maximum absolute atomic E-state index is 13.6. The molecular weight excluding hydrogens is 484 g/mol. The Morgan fingerprint density at radius 2 is 1.75 bits per heavy atom. The number of hydrogen-bond donors (Lipinski definition) is 2. The first kappa shape index (κ1) is 29.3. The molecular formula is C24H34F4N4O4. The van der Waals surface area contributed by atoms with E-state index in [0.717, 1.165) is 38.8 Å². The van der Waals surface area contributed by atoms with Gasteiger partial charge < -0.3 is 25.1 Å². The molecule has 2 aliphatic rings. The Bertz CT molecular complexity index is 918. The largest absolute Gasteiger partial charge is 0.490 e. The molecule has 36 heavy (non-hydrogen) atoms. The second-order valence-corrected chi connectivity index (χ2v) is 9.56. The third kappa shape index (κ3) is 8.07. The number of nitrogens with one attached hydrogen (secondary N) is 1. The molecule has 202 valence electrons. The molecule has 1 spiro atoms. The van der Waals surface area contributed by atoms with Gasteiger partial charge in [-0.2, -0.15) is 13.2 Å². The molecule has 12 heteroatoms. The summed E-state index contributed by atoms with van der Waals surface area (Å²) < 4.78 is 45.3. The van der Waals surface area contributed by atoms with Crippen molar-refractivity contribution in [2.24, 2.45) is 5.41 Å². The number of nitrogens with zero attached hydrogens (tertiary/aromatic N) is 3. The SMILES string of the molecule is CN1CCC2(CCCN(C(=O)Cc3cccc(F)c3)C2CNC(=O)N(C)C)CC1.O=C(O)C(F)(F)F. The van der Waals surface area contributed by atoms with Gasteiger partial charge in [-0.1, -0.05) is 12.1 Å². The first-order valence-electron chi connectivity index (χ1n) is 11.7. The number of carbonyl (C=O) groups is 3. The minimum Gasteiger partial charge on any atom is -0.475 e. The molecule has 2 N–H and O–H groups in total. The zero-order valence-electron chi connectivity index (χ0n) is 20.8. The summed E-state index contributed by atoms with van der Waals surface area (Å²) in [6.07, 6.45) is -0.804. The summed E-state index contributed by atoms with van der Waals surface area (Å²) in [4.78, 5) is 40.1. The van der Waals surface area contributed by atoms with Gasteiger partial charge in [0.2, 0.25) is 5.91 Å². The van der Waals surface area contributed by atoms with Crippen LogP contribution < -0.4 is 5.32 Å². The Kier molecular flexibility index (Phi) is 10.1. The molecule has 2 saturated heterocycles. The summed E-state index contributed by atoms with van der Waals surface area (Å²) in [5.41, 5.74) is 0.719. The standard InChI is InChI=1S/C22H33FN4O2.C2HF3O2/c1-25(2)21(29)24-16-19-22(9-12-26(3)13-10-22)8-5-11-27(19)20(28)15-17-6-4-7-18(23)14-17;3-2(4,5)1(6)7/h4,6-7,14,19H,5,8-13,15-16H2,1-3H3,(H,24,29);(H,6,7). The van der Waals surface area contributed by atoms with Crippen molar-refractivity contribution >= 4 is 17.9 Å². The molecule has 0 bridgehead atoms. The first-order valence-corrected chi connectivity index (χ1v) is 11.7. The molecule has 0 aliphatic carbocycles. The van der Waals surface area contributed by atoms with Crippen LogP contribution in [0.3, 0.4) is 0 Å². The van der Waals surface area contributed by atoms with Crippen LogP contribution >= 0.6 is 0 Å². The Morgan fingerprint density at radius 3 is 2.28 bits per heavy atom. The fourth-order valence-electron chi connectivity index (χ4n) is 4.79. The maximum atomic E-state index is 13.6. The van der Waals surface area contributed by atoms with Gasteiger partial charge in [-0.05, 0) is 68.9 Å². The quantitative estimate of drug-likeness (QED) is 0.598. The number of likely N-dealkylation sites (tertiary alicyclic amines) is 2. The number of alkyl halides is 3. The van der Waals surface area contributed by atoms with Gasteiger partial charge in [0.05, 0.1) is 12.5 Å². The molecule has 0 aromatic heterocycles. The molecule has 2 heterocycles. The van der Waals surface area contributed by atoms with Gasteiger partial charge in [0.1, 0.15) is 5.82 Å². The van der Waals surface area contributed by atoms with E-state index in [0.29, 0.717) is 18.7 Å². The van der Waals surface area contributed by atoms with Gasteiger partial charge in [0.25, 0.3) is 0 Å². The summed E-state index contributed by atoms with van der Waals surface area (Å²) in [6, 6.07) is 6.07. The molecule has 3 rings (SSSR count).